The van der Waals surface area contributed by atoms with E-state index in [2.05, 4.69) is 15.2 Å². The molecule has 0 radical (unpaired) electrons. The fraction of sp³-hybridized carbons (Fsp3) is 0.143. The third kappa shape index (κ3) is 1.85. The van der Waals surface area contributed by atoms with Crippen molar-refractivity contribution in [2.24, 2.45) is 0 Å². The Kier molecular flexibility index (Phi) is 2.98. The monoisotopic (exact) mass is 274 g/mol. The summed E-state index contributed by atoms with van der Waals surface area (Å²) in [5, 5.41) is 3.57. The Morgan fingerprint density at radius 1 is 1.35 bits per heavy atom. The second-order valence-corrected chi connectivity index (χ2v) is 4.46. The van der Waals surface area contributed by atoms with Gasteiger partial charge in [0.05, 0.1) is 5.52 Å². The third-order valence-corrected chi connectivity index (χ3v) is 3.30. The Morgan fingerprint density at radius 3 is 3.00 bits per heavy atom. The molecule has 0 saturated heterocycles. The van der Waals surface area contributed by atoms with E-state index in [-0.39, 0.29) is 5.56 Å². The molecule has 0 fully saturated rings. The number of benzene rings is 1. The van der Waals surface area contributed by atoms with Crippen LogP contribution in [0.4, 0.5) is 10.2 Å². The maximum atomic E-state index is 12.2. The molecule has 1 aliphatic heterocycles. The lowest BCUT2D eigenvalue weighted by Gasteiger charge is -2.10. The summed E-state index contributed by atoms with van der Waals surface area (Å²) in [6.45, 7) is 0.811. The van der Waals surface area contributed by atoms with E-state index in [1.165, 1.54) is 6.20 Å². The number of pyridine rings is 1. The molecule has 5 nitrogen and oxygen atoms in total. The number of hydrogen-bond acceptors (Lipinski definition) is 4. The van der Waals surface area contributed by atoms with Crippen molar-refractivity contribution < 1.29 is 14.3 Å². The van der Waals surface area contributed by atoms with E-state index in [4.69, 9.17) is 0 Å². The van der Waals surface area contributed by atoms with Crippen molar-refractivity contribution in [3.63, 3.8) is 0 Å². The molecule has 0 spiro atoms. The van der Waals surface area contributed by atoms with Gasteiger partial charge in [-0.25, -0.2) is 9.74 Å². The molecule has 0 atom stereocenters. The Hall–Kier alpha value is -2.63. The van der Waals surface area contributed by atoms with Crippen LogP contribution in [0.2, 0.25) is 0 Å². The molecule has 0 aliphatic carbocycles. The van der Waals surface area contributed by atoms with Crippen molar-refractivity contribution >= 4 is 28.6 Å². The lowest BCUT2D eigenvalue weighted by molar-refractivity contribution is -0.0789. The number of fused-ring (bicyclic) bond motifs is 3. The van der Waals surface area contributed by atoms with Gasteiger partial charge in [0.1, 0.15) is 5.56 Å². The molecule has 2 N–H and O–H groups in total. The van der Waals surface area contributed by atoms with Crippen molar-refractivity contribution in [2.75, 3.05) is 11.9 Å². The molecule has 2 heterocycles. The number of H-pyrrole nitrogens is 1. The number of carbonyl (C=O) groups is 1. The van der Waals surface area contributed by atoms with Crippen molar-refractivity contribution in [1.29, 1.82) is 0 Å². The molecule has 20 heavy (non-hydrogen) atoms. The predicted molar refractivity (Wildman–Crippen MR) is 73.2 cm³/mol. The fourth-order valence-electron chi connectivity index (χ4n) is 2.33. The highest BCUT2D eigenvalue weighted by atomic mass is 19.3. The molecule has 0 amide bonds. The Morgan fingerprint density at radius 2 is 2.20 bits per heavy atom. The van der Waals surface area contributed by atoms with E-state index >= 15 is 0 Å². The second kappa shape index (κ2) is 4.80. The highest BCUT2D eigenvalue weighted by Crippen LogP contribution is 2.26. The molecular weight excluding hydrogens is 263 g/mol. The smallest absolute Gasteiger partial charge is 0.384 e. The van der Waals surface area contributed by atoms with E-state index in [9.17, 15) is 14.1 Å². The molecule has 6 heteroatoms. The first-order valence-electron chi connectivity index (χ1n) is 6.14. The van der Waals surface area contributed by atoms with E-state index in [0.29, 0.717) is 10.9 Å². The van der Waals surface area contributed by atoms with Crippen LogP contribution in [0.25, 0.3) is 17.0 Å². The molecule has 0 bridgehead atoms. The summed E-state index contributed by atoms with van der Waals surface area (Å²) in [4.78, 5) is 29.3. The van der Waals surface area contributed by atoms with Gasteiger partial charge in [0, 0.05) is 33.9 Å². The zero-order valence-corrected chi connectivity index (χ0v) is 10.4. The van der Waals surface area contributed by atoms with Crippen LogP contribution < -0.4 is 10.7 Å². The van der Waals surface area contributed by atoms with Crippen molar-refractivity contribution in [2.45, 2.75) is 6.42 Å². The van der Waals surface area contributed by atoms with Gasteiger partial charge in [-0.2, -0.15) is 0 Å². The standard InChI is InChI=1S/C14H11FN2O3/c15-20-14(19)10-7-17-12-8-3-1-2-6-16-11(8)5-4-9(12)13(10)18/h1,3-5,7,16H,2,6H2,(H,17,18). The van der Waals surface area contributed by atoms with Crippen LogP contribution in [0.3, 0.4) is 0 Å². The number of aromatic amines is 1. The number of carbonyl (C=O) groups excluding carboxylic acids is 1. The van der Waals surface area contributed by atoms with Gasteiger partial charge in [0.2, 0.25) is 5.43 Å². The van der Waals surface area contributed by atoms with Crippen LogP contribution in [0, 0.1) is 0 Å². The first kappa shape index (κ1) is 12.4. The molecule has 1 aliphatic rings. The number of halogens is 1. The predicted octanol–water partition coefficient (Wildman–Crippen LogP) is 2.40. The molecule has 102 valence electrons. The lowest BCUT2D eigenvalue weighted by atomic mass is 10.1. The van der Waals surface area contributed by atoms with Crippen LogP contribution in [0.15, 0.2) is 29.2 Å². The summed E-state index contributed by atoms with van der Waals surface area (Å²) >= 11 is 0. The number of hydrogen-bond donors (Lipinski definition) is 2. The van der Waals surface area contributed by atoms with Gasteiger partial charge in [-0.3, -0.25) is 4.79 Å². The van der Waals surface area contributed by atoms with Crippen LogP contribution in [-0.2, 0) is 4.94 Å². The normalized spacial score (nSPS) is 13.4. The van der Waals surface area contributed by atoms with Gasteiger partial charge in [-0.05, 0) is 18.6 Å². The minimum Gasteiger partial charge on any atom is -0.384 e. The molecule has 1 aromatic heterocycles. The van der Waals surface area contributed by atoms with E-state index in [1.54, 1.807) is 12.1 Å². The molecule has 1 aromatic carbocycles. The topological polar surface area (TPSA) is 71.2 Å². The van der Waals surface area contributed by atoms with Gasteiger partial charge in [-0.15, -0.1) is 0 Å². The van der Waals surface area contributed by atoms with Crippen LogP contribution in [0.1, 0.15) is 22.3 Å². The summed E-state index contributed by atoms with van der Waals surface area (Å²) in [5.74, 6) is -1.29. The SMILES string of the molecule is O=C(OF)c1c[nH]c2c3c(ccc2c1=O)NCCC=C3. The van der Waals surface area contributed by atoms with Crippen LogP contribution >= 0.6 is 0 Å². The first-order chi connectivity index (χ1) is 9.72. The van der Waals surface area contributed by atoms with Crippen molar-refractivity contribution in [3.05, 3.63) is 45.8 Å². The molecule has 2 aromatic rings. The van der Waals surface area contributed by atoms with Gasteiger partial charge in [0.15, 0.2) is 0 Å². The van der Waals surface area contributed by atoms with Crippen molar-refractivity contribution in [3.8, 4) is 0 Å². The van der Waals surface area contributed by atoms with E-state index < -0.39 is 11.4 Å². The summed E-state index contributed by atoms with van der Waals surface area (Å²) < 4.78 is 12.0. The van der Waals surface area contributed by atoms with Crippen LogP contribution in [-0.4, -0.2) is 17.5 Å². The first-order valence-corrected chi connectivity index (χ1v) is 6.14. The summed E-state index contributed by atoms with van der Waals surface area (Å²) in [7, 11) is 0. The summed E-state index contributed by atoms with van der Waals surface area (Å²) in [6, 6.07) is 3.38. The second-order valence-electron chi connectivity index (χ2n) is 4.46. The Bertz CT molecular complexity index is 780. The maximum Gasteiger partial charge on any atom is 0.384 e. The minimum absolute atomic E-state index is 0.319. The summed E-state index contributed by atoms with van der Waals surface area (Å²) in [6.07, 6.45) is 5.97. The summed E-state index contributed by atoms with van der Waals surface area (Å²) in [5.41, 5.74) is 1.45. The third-order valence-electron chi connectivity index (χ3n) is 3.30. The van der Waals surface area contributed by atoms with Gasteiger partial charge < -0.3 is 10.3 Å². The van der Waals surface area contributed by atoms with Gasteiger partial charge in [0.25, 0.3) is 0 Å². The van der Waals surface area contributed by atoms with Crippen LogP contribution in [0.5, 0.6) is 0 Å². The molecule has 0 unspecified atom stereocenters. The highest BCUT2D eigenvalue weighted by Gasteiger charge is 2.17. The lowest BCUT2D eigenvalue weighted by Crippen LogP contribution is -2.16. The quantitative estimate of drug-likeness (QED) is 0.837. The number of anilines is 1. The molecule has 3 rings (SSSR count). The van der Waals surface area contributed by atoms with Gasteiger partial charge >= 0.3 is 5.97 Å². The van der Waals surface area contributed by atoms with Gasteiger partial charge in [-0.1, -0.05) is 12.2 Å². The molecular formula is C14H11FN2O3. The zero-order chi connectivity index (χ0) is 14.1. The largest absolute Gasteiger partial charge is 0.384 e. The maximum absolute atomic E-state index is 12.2. The average Bonchev–Trinajstić information content (AvgIpc) is 2.72. The number of nitrogens with one attached hydrogen (secondary N) is 2. The van der Waals surface area contributed by atoms with Crippen molar-refractivity contribution in [1.82, 2.24) is 4.98 Å². The fourth-order valence-corrected chi connectivity index (χ4v) is 2.33. The average molecular weight is 274 g/mol. The minimum atomic E-state index is -1.29. The number of aromatic nitrogens is 1. The Labute approximate surface area is 113 Å². The van der Waals surface area contributed by atoms with E-state index in [0.717, 1.165) is 24.2 Å². The number of rotatable bonds is 1. The molecule has 0 saturated carbocycles. The highest BCUT2D eigenvalue weighted by molar-refractivity contribution is 5.97. The zero-order valence-electron chi connectivity index (χ0n) is 10.4. The Balaban J connectivity index is 2.31. The van der Waals surface area contributed by atoms with E-state index in [1.807, 2.05) is 12.2 Å².